The number of hydrogen-bond donors (Lipinski definition) is 1. The fraction of sp³-hybridized carbons (Fsp3) is 0.600. The lowest BCUT2D eigenvalue weighted by Crippen LogP contribution is -2.38. The third kappa shape index (κ3) is 2.40. The second-order valence-electron chi connectivity index (χ2n) is 1.84. The van der Waals surface area contributed by atoms with Gasteiger partial charge in [-0.05, 0) is 0 Å². The first-order valence-electron chi connectivity index (χ1n) is 2.68. The second-order valence-corrected chi connectivity index (χ2v) is 1.84. The fourth-order valence-corrected chi connectivity index (χ4v) is 0.492. The zero-order valence-corrected chi connectivity index (χ0v) is 5.88. The Kier molecular flexibility index (Phi) is 3.06. The van der Waals surface area contributed by atoms with Crippen LogP contribution >= 0.6 is 0 Å². The normalized spacial score (nSPS) is 13.7. The van der Waals surface area contributed by atoms with E-state index < -0.39 is 24.0 Å². The summed E-state index contributed by atoms with van der Waals surface area (Å²) in [6, 6.07) is 0. The monoisotopic (exact) mass is 186 g/mol. The van der Waals surface area contributed by atoms with E-state index in [1.807, 2.05) is 0 Å². The van der Waals surface area contributed by atoms with Crippen LogP contribution in [0.5, 0.6) is 0 Å². The molecule has 0 aromatic heterocycles. The molecule has 0 bridgehead atoms. The molecule has 0 aromatic rings. The Bertz CT molecular complexity index is 197. The van der Waals surface area contributed by atoms with E-state index >= 15 is 0 Å². The zero-order valence-electron chi connectivity index (χ0n) is 5.88. The molecule has 0 rings (SSSR count). The molecule has 4 nitrogen and oxygen atoms in total. The molecule has 0 spiro atoms. The molecule has 0 aromatic carbocycles. The Morgan fingerprint density at radius 1 is 1.42 bits per heavy atom. The average molecular weight is 186 g/mol. The maximum atomic E-state index is 11.7. The lowest BCUT2D eigenvalue weighted by Gasteiger charge is -2.12. The highest BCUT2D eigenvalue weighted by Crippen LogP contribution is 2.27. The molecule has 0 aliphatic heterocycles. The van der Waals surface area contributed by atoms with E-state index in [1.54, 1.807) is 0 Å². The molecule has 0 radical (unpaired) electrons. The summed E-state index contributed by atoms with van der Waals surface area (Å²) in [5.41, 5.74) is 0. The molecule has 0 fully saturated rings. The van der Waals surface area contributed by atoms with E-state index in [1.165, 1.54) is 0 Å². The van der Waals surface area contributed by atoms with Gasteiger partial charge in [0, 0.05) is 0 Å². The molecule has 70 valence electrons. The smallest absolute Gasteiger partial charge is 0.412 e. The van der Waals surface area contributed by atoms with Crippen molar-refractivity contribution in [3.05, 3.63) is 0 Å². The third-order valence-corrected chi connectivity index (χ3v) is 1.01. The molecular formula is C5H5F3O4. The highest BCUT2D eigenvalue weighted by molar-refractivity contribution is 5.94. The minimum absolute atomic E-state index is 0.685. The number of methoxy groups -OCH3 is 1. The van der Waals surface area contributed by atoms with Crippen LogP contribution in [0.2, 0.25) is 0 Å². The Labute approximate surface area is 64.9 Å². The van der Waals surface area contributed by atoms with Gasteiger partial charge in [-0.2, -0.15) is 13.2 Å². The van der Waals surface area contributed by atoms with Crippen molar-refractivity contribution in [2.24, 2.45) is 5.92 Å². The molecule has 0 saturated carbocycles. The number of halogens is 3. The topological polar surface area (TPSA) is 63.6 Å². The van der Waals surface area contributed by atoms with Crippen LogP contribution in [0.3, 0.4) is 0 Å². The van der Waals surface area contributed by atoms with Crippen molar-refractivity contribution in [3.8, 4) is 0 Å². The summed E-state index contributed by atoms with van der Waals surface area (Å²) in [6.07, 6.45) is -5.11. The predicted molar refractivity (Wildman–Crippen MR) is 29.2 cm³/mol. The molecule has 1 N–H and O–H groups in total. The average Bonchev–Trinajstić information content (AvgIpc) is 1.83. The van der Waals surface area contributed by atoms with E-state index in [0.29, 0.717) is 7.11 Å². The van der Waals surface area contributed by atoms with Crippen molar-refractivity contribution in [1.29, 1.82) is 0 Å². The van der Waals surface area contributed by atoms with Gasteiger partial charge in [0.25, 0.3) is 0 Å². The number of hydrogen-bond acceptors (Lipinski definition) is 3. The van der Waals surface area contributed by atoms with E-state index in [-0.39, 0.29) is 0 Å². The Hall–Kier alpha value is -1.27. The van der Waals surface area contributed by atoms with E-state index in [2.05, 4.69) is 4.74 Å². The van der Waals surface area contributed by atoms with Crippen LogP contribution in [-0.2, 0) is 14.3 Å². The van der Waals surface area contributed by atoms with Crippen molar-refractivity contribution in [1.82, 2.24) is 0 Å². The Morgan fingerprint density at radius 3 is 1.92 bits per heavy atom. The first-order chi connectivity index (χ1) is 5.30. The number of esters is 1. The zero-order chi connectivity index (χ0) is 9.94. The number of carbonyl (C=O) groups excluding carboxylic acids is 1. The first kappa shape index (κ1) is 10.7. The standard InChI is InChI=1S/C5H5F3O4/c1-12-4(11)2(3(9)10)5(6,7)8/h2H,1H3,(H,9,10). The number of ether oxygens (including phenoxy) is 1. The number of carboxylic acids is 1. The van der Waals surface area contributed by atoms with Crippen LogP contribution in [-0.4, -0.2) is 30.3 Å². The van der Waals surface area contributed by atoms with Gasteiger partial charge < -0.3 is 9.84 Å². The van der Waals surface area contributed by atoms with Crippen LogP contribution in [0.25, 0.3) is 0 Å². The lowest BCUT2D eigenvalue weighted by atomic mass is 10.1. The summed E-state index contributed by atoms with van der Waals surface area (Å²) in [5.74, 6) is -7.19. The van der Waals surface area contributed by atoms with Crippen molar-refractivity contribution in [3.63, 3.8) is 0 Å². The summed E-state index contributed by atoms with van der Waals surface area (Å²) < 4.78 is 38.8. The maximum absolute atomic E-state index is 11.7. The van der Waals surface area contributed by atoms with E-state index in [4.69, 9.17) is 5.11 Å². The highest BCUT2D eigenvalue weighted by Gasteiger charge is 2.51. The van der Waals surface area contributed by atoms with Crippen molar-refractivity contribution >= 4 is 11.9 Å². The Morgan fingerprint density at radius 2 is 1.83 bits per heavy atom. The molecule has 0 heterocycles. The predicted octanol–water partition coefficient (Wildman–Crippen LogP) is 0.423. The molecule has 7 heteroatoms. The minimum Gasteiger partial charge on any atom is -0.480 e. The van der Waals surface area contributed by atoms with Crippen molar-refractivity contribution in [2.45, 2.75) is 6.18 Å². The van der Waals surface area contributed by atoms with Gasteiger partial charge in [0.05, 0.1) is 7.11 Å². The van der Waals surface area contributed by atoms with Crippen LogP contribution < -0.4 is 0 Å². The number of carboxylic acid groups (broad SMARTS) is 1. The van der Waals surface area contributed by atoms with Crippen LogP contribution in [0.1, 0.15) is 0 Å². The number of aliphatic carboxylic acids is 1. The molecule has 0 amide bonds. The maximum Gasteiger partial charge on any atom is 0.412 e. The molecule has 1 atom stereocenters. The summed E-state index contributed by atoms with van der Waals surface area (Å²) >= 11 is 0. The second kappa shape index (κ2) is 3.42. The molecule has 0 saturated heterocycles. The number of carbonyl (C=O) groups is 2. The molecular weight excluding hydrogens is 181 g/mol. The van der Waals surface area contributed by atoms with Gasteiger partial charge in [-0.3, -0.25) is 9.59 Å². The number of alkyl halides is 3. The van der Waals surface area contributed by atoms with Gasteiger partial charge in [0.2, 0.25) is 5.92 Å². The molecule has 0 aliphatic carbocycles. The van der Waals surface area contributed by atoms with Crippen LogP contribution in [0.4, 0.5) is 13.2 Å². The van der Waals surface area contributed by atoms with Gasteiger partial charge in [-0.1, -0.05) is 0 Å². The first-order valence-corrected chi connectivity index (χ1v) is 2.68. The molecule has 0 aliphatic rings. The van der Waals surface area contributed by atoms with Gasteiger partial charge in [0.1, 0.15) is 0 Å². The van der Waals surface area contributed by atoms with Gasteiger partial charge in [-0.25, -0.2) is 0 Å². The van der Waals surface area contributed by atoms with Gasteiger partial charge >= 0.3 is 18.1 Å². The van der Waals surface area contributed by atoms with Gasteiger partial charge in [-0.15, -0.1) is 0 Å². The third-order valence-electron chi connectivity index (χ3n) is 1.01. The van der Waals surface area contributed by atoms with E-state index in [9.17, 15) is 22.8 Å². The molecule has 1 unspecified atom stereocenters. The fourth-order valence-electron chi connectivity index (χ4n) is 0.492. The van der Waals surface area contributed by atoms with E-state index in [0.717, 1.165) is 0 Å². The summed E-state index contributed by atoms with van der Waals surface area (Å²) in [7, 11) is 0.685. The van der Waals surface area contributed by atoms with Crippen LogP contribution in [0, 0.1) is 5.92 Å². The summed E-state index contributed by atoms with van der Waals surface area (Å²) in [6.45, 7) is 0. The lowest BCUT2D eigenvalue weighted by molar-refractivity contribution is -0.204. The van der Waals surface area contributed by atoms with Crippen LogP contribution in [0.15, 0.2) is 0 Å². The van der Waals surface area contributed by atoms with Gasteiger partial charge in [0.15, 0.2) is 0 Å². The largest absolute Gasteiger partial charge is 0.480 e. The highest BCUT2D eigenvalue weighted by atomic mass is 19.4. The molecule has 12 heavy (non-hydrogen) atoms. The minimum atomic E-state index is -5.11. The quantitative estimate of drug-likeness (QED) is 0.501. The van der Waals surface area contributed by atoms with Crippen molar-refractivity contribution in [2.75, 3.05) is 7.11 Å². The summed E-state index contributed by atoms with van der Waals surface area (Å²) in [4.78, 5) is 20.2. The Balaban J connectivity index is 4.68. The SMILES string of the molecule is COC(=O)C(C(=O)O)C(F)(F)F. The number of rotatable bonds is 2. The summed E-state index contributed by atoms with van der Waals surface area (Å²) in [5, 5.41) is 7.99. The van der Waals surface area contributed by atoms with Crippen molar-refractivity contribution < 1.29 is 32.6 Å².